The summed E-state index contributed by atoms with van der Waals surface area (Å²) < 4.78 is 0. The number of carbonyl (C=O) groups is 1. The van der Waals surface area contributed by atoms with Gasteiger partial charge >= 0.3 is 0 Å². The van der Waals surface area contributed by atoms with Crippen molar-refractivity contribution in [3.8, 4) is 0 Å². The summed E-state index contributed by atoms with van der Waals surface area (Å²) >= 11 is 0. The van der Waals surface area contributed by atoms with Crippen LogP contribution in [0.25, 0.3) is 0 Å². The van der Waals surface area contributed by atoms with Crippen LogP contribution in [0.1, 0.15) is 32.6 Å². The van der Waals surface area contributed by atoms with Crippen molar-refractivity contribution in [2.75, 3.05) is 6.61 Å². The zero-order valence-corrected chi connectivity index (χ0v) is 6.39. The second kappa shape index (κ2) is 2.70. The van der Waals surface area contributed by atoms with E-state index in [4.69, 9.17) is 5.11 Å². The molecule has 2 nitrogen and oxygen atoms in total. The molecule has 0 unspecified atom stereocenters. The normalized spacial score (nSPS) is 23.0. The lowest BCUT2D eigenvalue weighted by Gasteiger charge is -2.19. The summed E-state index contributed by atoms with van der Waals surface area (Å²) in [6.45, 7) is 1.68. The van der Waals surface area contributed by atoms with Gasteiger partial charge in [-0.05, 0) is 12.8 Å². The molecule has 58 valence electrons. The van der Waals surface area contributed by atoms with Crippen LogP contribution in [0.2, 0.25) is 0 Å². The predicted molar refractivity (Wildman–Crippen MR) is 38.7 cm³/mol. The van der Waals surface area contributed by atoms with Crippen molar-refractivity contribution in [2.24, 2.45) is 5.41 Å². The summed E-state index contributed by atoms with van der Waals surface area (Å²) in [5, 5.41) is 8.61. The van der Waals surface area contributed by atoms with E-state index in [1.165, 1.54) is 0 Å². The maximum absolute atomic E-state index is 11.1. The van der Waals surface area contributed by atoms with Crippen molar-refractivity contribution in [2.45, 2.75) is 32.6 Å². The highest BCUT2D eigenvalue weighted by atomic mass is 16.3. The van der Waals surface area contributed by atoms with Crippen molar-refractivity contribution in [3.63, 3.8) is 0 Å². The van der Waals surface area contributed by atoms with Crippen molar-refractivity contribution in [3.05, 3.63) is 0 Å². The molecule has 0 aromatic heterocycles. The van der Waals surface area contributed by atoms with Gasteiger partial charge in [-0.1, -0.05) is 19.8 Å². The molecule has 1 aliphatic carbocycles. The second-order valence-electron chi connectivity index (χ2n) is 3.35. The first-order chi connectivity index (χ1) is 4.69. The Morgan fingerprint density at radius 2 is 2.00 bits per heavy atom. The maximum Gasteiger partial charge on any atom is 0.164 e. The molecule has 0 atom stereocenters. The van der Waals surface area contributed by atoms with Crippen molar-refractivity contribution >= 4 is 5.78 Å². The maximum atomic E-state index is 11.1. The van der Waals surface area contributed by atoms with Gasteiger partial charge in [-0.25, -0.2) is 0 Å². The minimum Gasteiger partial charge on any atom is -0.389 e. The van der Waals surface area contributed by atoms with Crippen LogP contribution < -0.4 is 0 Å². The molecule has 0 aliphatic heterocycles. The molecule has 0 radical (unpaired) electrons. The first-order valence-corrected chi connectivity index (χ1v) is 3.83. The van der Waals surface area contributed by atoms with Gasteiger partial charge in [0, 0.05) is 5.41 Å². The standard InChI is InChI=1S/C8H14O2/c1-8(7(10)6-9)4-2-3-5-8/h9H,2-6H2,1H3. The fourth-order valence-corrected chi connectivity index (χ4v) is 1.63. The van der Waals surface area contributed by atoms with Gasteiger partial charge in [0.2, 0.25) is 0 Å². The van der Waals surface area contributed by atoms with Crippen molar-refractivity contribution in [1.29, 1.82) is 0 Å². The van der Waals surface area contributed by atoms with Gasteiger partial charge in [0.1, 0.15) is 6.61 Å². The molecule has 0 aromatic carbocycles. The zero-order valence-electron chi connectivity index (χ0n) is 6.39. The number of hydrogen-bond acceptors (Lipinski definition) is 2. The number of carbonyl (C=O) groups excluding carboxylic acids is 1. The monoisotopic (exact) mass is 142 g/mol. The number of aliphatic hydroxyl groups excluding tert-OH is 1. The highest BCUT2D eigenvalue weighted by Crippen LogP contribution is 2.37. The number of rotatable bonds is 2. The number of aliphatic hydroxyl groups is 1. The van der Waals surface area contributed by atoms with E-state index in [2.05, 4.69) is 0 Å². The highest BCUT2D eigenvalue weighted by Gasteiger charge is 2.34. The molecule has 2 heteroatoms. The largest absolute Gasteiger partial charge is 0.389 e. The van der Waals surface area contributed by atoms with E-state index in [9.17, 15) is 4.79 Å². The number of Topliss-reactive ketones (excluding diaryl/α,β-unsaturated/α-hetero) is 1. The van der Waals surface area contributed by atoms with E-state index in [1.807, 2.05) is 6.92 Å². The van der Waals surface area contributed by atoms with E-state index in [-0.39, 0.29) is 17.8 Å². The summed E-state index contributed by atoms with van der Waals surface area (Å²) in [5.41, 5.74) is -0.186. The number of ketones is 1. The van der Waals surface area contributed by atoms with Crippen LogP contribution >= 0.6 is 0 Å². The summed E-state index contributed by atoms with van der Waals surface area (Å²) in [4.78, 5) is 11.1. The molecule has 0 saturated heterocycles. The quantitative estimate of drug-likeness (QED) is 0.627. The van der Waals surface area contributed by atoms with Crippen LogP contribution in [0, 0.1) is 5.41 Å². The molecule has 0 bridgehead atoms. The Kier molecular flexibility index (Phi) is 2.09. The van der Waals surface area contributed by atoms with Gasteiger partial charge in [-0.15, -0.1) is 0 Å². The first kappa shape index (κ1) is 7.73. The average molecular weight is 142 g/mol. The van der Waals surface area contributed by atoms with Crippen molar-refractivity contribution in [1.82, 2.24) is 0 Å². The summed E-state index contributed by atoms with van der Waals surface area (Å²) in [6, 6.07) is 0. The van der Waals surface area contributed by atoms with Gasteiger partial charge < -0.3 is 5.11 Å². The van der Waals surface area contributed by atoms with Crippen LogP contribution in [-0.4, -0.2) is 17.5 Å². The minimum atomic E-state index is -0.281. The SMILES string of the molecule is CC1(C(=O)CO)CCCC1. The third-order valence-electron chi connectivity index (χ3n) is 2.52. The Hall–Kier alpha value is -0.370. The van der Waals surface area contributed by atoms with E-state index < -0.39 is 0 Å². The third-order valence-corrected chi connectivity index (χ3v) is 2.52. The second-order valence-corrected chi connectivity index (χ2v) is 3.35. The zero-order chi connectivity index (χ0) is 7.61. The molecule has 1 aliphatic rings. The minimum absolute atomic E-state index is 0.0185. The smallest absolute Gasteiger partial charge is 0.164 e. The highest BCUT2D eigenvalue weighted by molar-refractivity contribution is 5.85. The van der Waals surface area contributed by atoms with Crippen LogP contribution in [-0.2, 0) is 4.79 Å². The third kappa shape index (κ3) is 1.21. The Labute approximate surface area is 61.2 Å². The Morgan fingerprint density at radius 3 is 2.40 bits per heavy atom. The molecule has 0 aromatic rings. The molecule has 10 heavy (non-hydrogen) atoms. The molecule has 1 N–H and O–H groups in total. The van der Waals surface area contributed by atoms with Crippen LogP contribution in [0.5, 0.6) is 0 Å². The van der Waals surface area contributed by atoms with Gasteiger partial charge in [0.15, 0.2) is 5.78 Å². The lowest BCUT2D eigenvalue weighted by Crippen LogP contribution is -2.26. The summed E-state index contributed by atoms with van der Waals surface area (Å²) in [6.07, 6.45) is 4.21. The van der Waals surface area contributed by atoms with Crippen LogP contribution in [0.15, 0.2) is 0 Å². The van der Waals surface area contributed by atoms with Gasteiger partial charge in [0.05, 0.1) is 0 Å². The first-order valence-electron chi connectivity index (χ1n) is 3.83. The van der Waals surface area contributed by atoms with Crippen LogP contribution in [0.4, 0.5) is 0 Å². The molecular formula is C8H14O2. The molecular weight excluding hydrogens is 128 g/mol. The fraction of sp³-hybridized carbons (Fsp3) is 0.875. The van der Waals surface area contributed by atoms with Crippen LogP contribution in [0.3, 0.4) is 0 Å². The Morgan fingerprint density at radius 1 is 1.50 bits per heavy atom. The summed E-state index contributed by atoms with van der Waals surface area (Å²) in [5.74, 6) is 0.0185. The van der Waals surface area contributed by atoms with E-state index in [0.29, 0.717) is 0 Å². The lowest BCUT2D eigenvalue weighted by atomic mass is 9.84. The molecule has 1 rings (SSSR count). The van der Waals surface area contributed by atoms with Gasteiger partial charge in [0.25, 0.3) is 0 Å². The molecule has 0 spiro atoms. The Bertz CT molecular complexity index is 134. The number of hydrogen-bond donors (Lipinski definition) is 1. The molecule has 1 fully saturated rings. The predicted octanol–water partition coefficient (Wildman–Crippen LogP) is 1.13. The van der Waals surface area contributed by atoms with Gasteiger partial charge in [-0.3, -0.25) is 4.79 Å². The topological polar surface area (TPSA) is 37.3 Å². The molecule has 0 heterocycles. The van der Waals surface area contributed by atoms with E-state index >= 15 is 0 Å². The molecule has 0 amide bonds. The summed E-state index contributed by atoms with van der Waals surface area (Å²) in [7, 11) is 0. The van der Waals surface area contributed by atoms with Crippen molar-refractivity contribution < 1.29 is 9.90 Å². The Balaban J connectivity index is 2.58. The van der Waals surface area contributed by atoms with Gasteiger partial charge in [-0.2, -0.15) is 0 Å². The fourth-order valence-electron chi connectivity index (χ4n) is 1.63. The molecule has 1 saturated carbocycles. The van der Waals surface area contributed by atoms with E-state index in [1.54, 1.807) is 0 Å². The average Bonchev–Trinajstić information content (AvgIpc) is 2.36. The lowest BCUT2D eigenvalue weighted by molar-refractivity contribution is -0.130. The van der Waals surface area contributed by atoms with E-state index in [0.717, 1.165) is 25.7 Å².